The minimum Gasteiger partial charge on any atom is -0.321 e. The largest absolute Gasteiger partial charge is 0.321 e. The van der Waals surface area contributed by atoms with Crippen molar-refractivity contribution in [1.82, 2.24) is 19.6 Å². The highest BCUT2D eigenvalue weighted by Crippen LogP contribution is 2.38. The van der Waals surface area contributed by atoms with Crippen LogP contribution in [0.15, 0.2) is 18.6 Å². The van der Waals surface area contributed by atoms with E-state index >= 15 is 0 Å². The Bertz CT molecular complexity index is 459. The van der Waals surface area contributed by atoms with E-state index < -0.39 is 0 Å². The smallest absolute Gasteiger partial charge is 0.163 e. The fourth-order valence-electron chi connectivity index (χ4n) is 1.66. The Hall–Kier alpha value is -1.49. The molecule has 2 aromatic rings. The molecule has 14 heavy (non-hydrogen) atoms. The molecule has 2 aromatic heterocycles. The van der Waals surface area contributed by atoms with Gasteiger partial charge in [-0.3, -0.25) is 4.40 Å². The van der Waals surface area contributed by atoms with Gasteiger partial charge in [-0.2, -0.15) is 0 Å². The van der Waals surface area contributed by atoms with Crippen molar-refractivity contribution in [2.24, 2.45) is 11.7 Å². The highest BCUT2D eigenvalue weighted by atomic mass is 15.3. The normalized spacial score (nSPS) is 18.6. The van der Waals surface area contributed by atoms with E-state index in [0.29, 0.717) is 5.92 Å². The predicted molar refractivity (Wildman–Crippen MR) is 50.4 cm³/mol. The summed E-state index contributed by atoms with van der Waals surface area (Å²) in [4.78, 5) is 4.04. The summed E-state index contributed by atoms with van der Waals surface area (Å²) in [5.41, 5.74) is 6.87. The molecule has 0 bridgehead atoms. The lowest BCUT2D eigenvalue weighted by molar-refractivity contribution is 0.585. The second-order valence-electron chi connectivity index (χ2n) is 3.73. The predicted octanol–water partition coefficient (Wildman–Crippen LogP) is 0.534. The van der Waals surface area contributed by atoms with Crippen LogP contribution in [0.3, 0.4) is 0 Å². The second kappa shape index (κ2) is 2.75. The molecular formula is C9H11N5. The number of hydrogen-bond donors (Lipinski definition) is 1. The van der Waals surface area contributed by atoms with E-state index in [4.69, 9.17) is 5.73 Å². The zero-order valence-corrected chi connectivity index (χ0v) is 7.67. The van der Waals surface area contributed by atoms with Crippen LogP contribution in [0.1, 0.15) is 24.7 Å². The molecule has 2 N–H and O–H groups in total. The standard InChI is InChI=1S/C9H11N5/c10-8(6-1-2-6)9-13-12-7-3-4-11-5-14(7)9/h3-6,8H,1-2,10H2. The third kappa shape index (κ3) is 1.09. The quantitative estimate of drug-likeness (QED) is 0.748. The number of fused-ring (bicyclic) bond motifs is 1. The summed E-state index contributed by atoms with van der Waals surface area (Å²) in [7, 11) is 0. The van der Waals surface area contributed by atoms with E-state index in [1.165, 1.54) is 12.8 Å². The van der Waals surface area contributed by atoms with Gasteiger partial charge in [0.2, 0.25) is 0 Å². The molecular weight excluding hydrogens is 178 g/mol. The summed E-state index contributed by atoms with van der Waals surface area (Å²) in [6.07, 6.45) is 5.83. The van der Waals surface area contributed by atoms with Gasteiger partial charge in [0, 0.05) is 12.3 Å². The summed E-state index contributed by atoms with van der Waals surface area (Å²) in [6.45, 7) is 0. The first-order valence-corrected chi connectivity index (χ1v) is 4.76. The Morgan fingerprint density at radius 3 is 3.07 bits per heavy atom. The van der Waals surface area contributed by atoms with Gasteiger partial charge >= 0.3 is 0 Å². The molecule has 0 radical (unpaired) electrons. The topological polar surface area (TPSA) is 69.1 Å². The fourth-order valence-corrected chi connectivity index (χ4v) is 1.66. The van der Waals surface area contributed by atoms with Crippen molar-refractivity contribution in [3.63, 3.8) is 0 Å². The lowest BCUT2D eigenvalue weighted by atomic mass is 10.2. The first-order chi connectivity index (χ1) is 6.86. The molecule has 5 nitrogen and oxygen atoms in total. The Kier molecular flexibility index (Phi) is 1.55. The number of aromatic nitrogens is 4. The molecule has 0 aliphatic heterocycles. The maximum absolute atomic E-state index is 6.06. The van der Waals surface area contributed by atoms with Gasteiger partial charge in [0.05, 0.1) is 6.04 Å². The highest BCUT2D eigenvalue weighted by Gasteiger charge is 2.32. The monoisotopic (exact) mass is 189 g/mol. The molecule has 1 unspecified atom stereocenters. The molecule has 0 aromatic carbocycles. The molecule has 1 aliphatic rings. The number of rotatable bonds is 2. The van der Waals surface area contributed by atoms with Crippen molar-refractivity contribution in [2.75, 3.05) is 0 Å². The summed E-state index contributed by atoms with van der Waals surface area (Å²) in [6, 6.07) is 1.84. The molecule has 0 spiro atoms. The van der Waals surface area contributed by atoms with Gasteiger partial charge in [0.1, 0.15) is 6.33 Å². The van der Waals surface area contributed by atoms with Crippen molar-refractivity contribution in [2.45, 2.75) is 18.9 Å². The molecule has 72 valence electrons. The molecule has 1 fully saturated rings. The van der Waals surface area contributed by atoms with Gasteiger partial charge in [-0.25, -0.2) is 4.98 Å². The zero-order valence-electron chi connectivity index (χ0n) is 7.67. The van der Waals surface area contributed by atoms with Crippen LogP contribution in [-0.4, -0.2) is 19.6 Å². The second-order valence-corrected chi connectivity index (χ2v) is 3.73. The molecule has 0 amide bonds. The molecule has 1 saturated carbocycles. The van der Waals surface area contributed by atoms with Crippen molar-refractivity contribution in [1.29, 1.82) is 0 Å². The third-order valence-electron chi connectivity index (χ3n) is 2.67. The van der Waals surface area contributed by atoms with Crippen LogP contribution in [0.5, 0.6) is 0 Å². The molecule has 2 heterocycles. The van der Waals surface area contributed by atoms with Crippen molar-refractivity contribution in [3.8, 4) is 0 Å². The Labute approximate surface area is 81.0 Å². The van der Waals surface area contributed by atoms with E-state index in [9.17, 15) is 0 Å². The van der Waals surface area contributed by atoms with Gasteiger partial charge in [0.15, 0.2) is 11.5 Å². The van der Waals surface area contributed by atoms with E-state index in [-0.39, 0.29) is 6.04 Å². The lowest BCUT2D eigenvalue weighted by Gasteiger charge is -2.06. The number of hydrogen-bond acceptors (Lipinski definition) is 4. The number of nitrogens with two attached hydrogens (primary N) is 1. The van der Waals surface area contributed by atoms with Gasteiger partial charge in [0.25, 0.3) is 0 Å². The van der Waals surface area contributed by atoms with Crippen molar-refractivity contribution < 1.29 is 0 Å². The third-order valence-corrected chi connectivity index (χ3v) is 2.67. The minimum atomic E-state index is 0.00852. The van der Waals surface area contributed by atoms with Gasteiger partial charge in [-0.05, 0) is 18.8 Å². The van der Waals surface area contributed by atoms with E-state index in [1.807, 2.05) is 10.5 Å². The molecule has 1 aliphatic carbocycles. The maximum atomic E-state index is 6.06. The summed E-state index contributed by atoms with van der Waals surface area (Å²) >= 11 is 0. The van der Waals surface area contributed by atoms with Crippen LogP contribution in [0, 0.1) is 5.92 Å². The van der Waals surface area contributed by atoms with Gasteiger partial charge < -0.3 is 5.73 Å². The number of nitrogens with zero attached hydrogens (tertiary/aromatic N) is 4. The average Bonchev–Trinajstić information content (AvgIpc) is 2.97. The molecule has 0 saturated heterocycles. The van der Waals surface area contributed by atoms with Crippen molar-refractivity contribution in [3.05, 3.63) is 24.4 Å². The minimum absolute atomic E-state index is 0.00852. The van der Waals surface area contributed by atoms with Crippen LogP contribution in [0.4, 0.5) is 0 Å². The molecule has 3 rings (SSSR count). The zero-order chi connectivity index (χ0) is 9.54. The fraction of sp³-hybridized carbons (Fsp3) is 0.444. The van der Waals surface area contributed by atoms with Crippen molar-refractivity contribution >= 4 is 5.65 Å². The SMILES string of the molecule is NC(c1nnc2ccncn12)C1CC1. The molecule has 5 heteroatoms. The Morgan fingerprint density at radius 2 is 2.29 bits per heavy atom. The van der Waals surface area contributed by atoms with E-state index in [0.717, 1.165) is 11.5 Å². The average molecular weight is 189 g/mol. The highest BCUT2D eigenvalue weighted by molar-refractivity contribution is 5.35. The Balaban J connectivity index is 2.11. The van der Waals surface area contributed by atoms with E-state index in [2.05, 4.69) is 15.2 Å². The maximum Gasteiger partial charge on any atom is 0.163 e. The van der Waals surface area contributed by atoms with Crippen LogP contribution in [-0.2, 0) is 0 Å². The van der Waals surface area contributed by atoms with E-state index in [1.54, 1.807) is 12.5 Å². The van der Waals surface area contributed by atoms with Crippen LogP contribution in [0.2, 0.25) is 0 Å². The first-order valence-electron chi connectivity index (χ1n) is 4.76. The first kappa shape index (κ1) is 7.87. The summed E-state index contributed by atoms with van der Waals surface area (Å²) in [5, 5.41) is 8.15. The van der Waals surface area contributed by atoms with Crippen LogP contribution >= 0.6 is 0 Å². The summed E-state index contributed by atoms with van der Waals surface area (Å²) in [5.74, 6) is 1.42. The van der Waals surface area contributed by atoms with Crippen LogP contribution in [0.25, 0.3) is 5.65 Å². The lowest BCUT2D eigenvalue weighted by Crippen LogP contribution is -2.16. The summed E-state index contributed by atoms with van der Waals surface area (Å²) < 4.78 is 1.86. The molecule has 1 atom stereocenters. The van der Waals surface area contributed by atoms with Gasteiger partial charge in [-0.1, -0.05) is 0 Å². The van der Waals surface area contributed by atoms with Crippen LogP contribution < -0.4 is 5.73 Å². The van der Waals surface area contributed by atoms with Gasteiger partial charge in [-0.15, -0.1) is 10.2 Å². The Morgan fingerprint density at radius 1 is 1.43 bits per heavy atom.